The van der Waals surface area contributed by atoms with Gasteiger partial charge in [0.1, 0.15) is 0 Å². The molecule has 0 spiro atoms. The summed E-state index contributed by atoms with van der Waals surface area (Å²) in [5.74, 6) is 0.417. The van der Waals surface area contributed by atoms with E-state index in [4.69, 9.17) is 0 Å². The Labute approximate surface area is 96.1 Å². The van der Waals surface area contributed by atoms with Crippen LogP contribution in [-0.2, 0) is 0 Å². The van der Waals surface area contributed by atoms with Gasteiger partial charge in [-0.1, -0.05) is 41.0 Å². The Morgan fingerprint density at radius 3 is 1.87 bits per heavy atom. The van der Waals surface area contributed by atoms with Gasteiger partial charge < -0.3 is 0 Å². The SMILES string of the molecule is CCC(C)(C)CC(C)(C)CS(O)(O)NC. The third-order valence-corrected chi connectivity index (χ3v) is 4.67. The van der Waals surface area contributed by atoms with Crippen molar-refractivity contribution in [3.05, 3.63) is 0 Å². The number of nitrogens with one attached hydrogen (secondary N) is 1. The lowest BCUT2D eigenvalue weighted by molar-refractivity contribution is 0.205. The van der Waals surface area contributed by atoms with Crippen LogP contribution in [0.25, 0.3) is 0 Å². The molecule has 0 atom stereocenters. The fourth-order valence-corrected chi connectivity index (χ4v) is 3.42. The first kappa shape index (κ1) is 15.2. The maximum absolute atomic E-state index is 9.66. The quantitative estimate of drug-likeness (QED) is 0.660. The third-order valence-electron chi connectivity index (χ3n) is 2.83. The van der Waals surface area contributed by atoms with Gasteiger partial charge in [-0.05, 0) is 17.3 Å². The average molecular weight is 237 g/mol. The Morgan fingerprint density at radius 1 is 1.07 bits per heavy atom. The predicted molar refractivity (Wildman–Crippen MR) is 69.2 cm³/mol. The monoisotopic (exact) mass is 237 g/mol. The molecule has 0 saturated heterocycles. The second-order valence-corrected chi connectivity index (χ2v) is 7.90. The van der Waals surface area contributed by atoms with Crippen molar-refractivity contribution in [1.29, 1.82) is 0 Å². The number of hydrogen-bond acceptors (Lipinski definition) is 3. The molecule has 4 heteroatoms. The van der Waals surface area contributed by atoms with E-state index in [0.717, 1.165) is 12.8 Å². The average Bonchev–Trinajstić information content (AvgIpc) is 2.00. The maximum Gasteiger partial charge on any atom is 0.0579 e. The molecule has 0 aliphatic carbocycles. The molecule has 0 unspecified atom stereocenters. The van der Waals surface area contributed by atoms with E-state index < -0.39 is 10.8 Å². The van der Waals surface area contributed by atoms with Gasteiger partial charge in [0.05, 0.1) is 5.75 Å². The third kappa shape index (κ3) is 6.40. The molecule has 0 amide bonds. The van der Waals surface area contributed by atoms with Crippen LogP contribution in [0, 0.1) is 10.8 Å². The highest BCUT2D eigenvalue weighted by atomic mass is 32.3. The van der Waals surface area contributed by atoms with Crippen LogP contribution in [0.3, 0.4) is 0 Å². The van der Waals surface area contributed by atoms with Gasteiger partial charge in [-0.3, -0.25) is 9.11 Å². The molecule has 0 aliphatic rings. The van der Waals surface area contributed by atoms with Gasteiger partial charge in [-0.15, -0.1) is 10.8 Å². The largest absolute Gasteiger partial charge is 0.286 e. The van der Waals surface area contributed by atoms with Crippen molar-refractivity contribution in [2.75, 3.05) is 12.8 Å². The summed E-state index contributed by atoms with van der Waals surface area (Å²) in [6, 6.07) is 0. The summed E-state index contributed by atoms with van der Waals surface area (Å²) >= 11 is 0. The Hall–Kier alpha value is 0.230. The normalized spacial score (nSPS) is 15.5. The van der Waals surface area contributed by atoms with E-state index >= 15 is 0 Å². The lowest BCUT2D eigenvalue weighted by Gasteiger charge is -2.42. The molecule has 15 heavy (non-hydrogen) atoms. The summed E-state index contributed by atoms with van der Waals surface area (Å²) in [5.41, 5.74) is 0.202. The van der Waals surface area contributed by atoms with E-state index in [1.54, 1.807) is 7.05 Å². The highest BCUT2D eigenvalue weighted by Crippen LogP contribution is 2.45. The predicted octanol–water partition coefficient (Wildman–Crippen LogP) is 3.72. The molecule has 0 heterocycles. The van der Waals surface area contributed by atoms with E-state index in [1.165, 1.54) is 0 Å². The maximum atomic E-state index is 9.66. The fourth-order valence-electron chi connectivity index (χ4n) is 2.09. The molecule has 0 aliphatic heterocycles. The Morgan fingerprint density at radius 2 is 1.53 bits per heavy atom. The first-order valence-corrected chi connectivity index (χ1v) is 7.20. The molecule has 94 valence electrons. The fraction of sp³-hybridized carbons (Fsp3) is 1.00. The first-order valence-electron chi connectivity index (χ1n) is 5.48. The lowest BCUT2D eigenvalue weighted by Crippen LogP contribution is -2.32. The first-order chi connectivity index (χ1) is 6.54. The zero-order valence-electron chi connectivity index (χ0n) is 10.9. The van der Waals surface area contributed by atoms with E-state index in [1.807, 2.05) is 0 Å². The Bertz CT molecular complexity index is 183. The molecule has 0 aromatic carbocycles. The smallest absolute Gasteiger partial charge is 0.0579 e. The van der Waals surface area contributed by atoms with Crippen LogP contribution in [0.1, 0.15) is 47.5 Å². The minimum absolute atomic E-state index is 0.0542. The van der Waals surface area contributed by atoms with Crippen molar-refractivity contribution in [2.45, 2.75) is 47.5 Å². The van der Waals surface area contributed by atoms with Crippen LogP contribution < -0.4 is 4.72 Å². The van der Waals surface area contributed by atoms with Crippen LogP contribution in [-0.4, -0.2) is 21.9 Å². The molecule has 0 saturated carbocycles. The minimum Gasteiger partial charge on any atom is -0.286 e. The number of rotatable bonds is 6. The van der Waals surface area contributed by atoms with Crippen LogP contribution in [0.2, 0.25) is 0 Å². The molecule has 0 aromatic rings. The molecule has 0 bridgehead atoms. The summed E-state index contributed by atoms with van der Waals surface area (Å²) in [7, 11) is -1.01. The van der Waals surface area contributed by atoms with Crippen LogP contribution in [0.5, 0.6) is 0 Å². The van der Waals surface area contributed by atoms with Crippen molar-refractivity contribution >= 4 is 10.8 Å². The van der Waals surface area contributed by atoms with Crippen molar-refractivity contribution in [3.63, 3.8) is 0 Å². The van der Waals surface area contributed by atoms with Gasteiger partial charge >= 0.3 is 0 Å². The standard InChI is InChI=1S/C11H27NO2S/c1-7-10(2,3)8-11(4,5)9-15(13,14)12-6/h12-14H,7-9H2,1-6H3. The van der Waals surface area contributed by atoms with Gasteiger partial charge in [0.15, 0.2) is 0 Å². The molecule has 3 nitrogen and oxygen atoms in total. The summed E-state index contributed by atoms with van der Waals surface area (Å²) in [4.78, 5) is 0. The summed E-state index contributed by atoms with van der Waals surface area (Å²) in [6.07, 6.45) is 2.10. The number of hydrogen-bond donors (Lipinski definition) is 3. The summed E-state index contributed by atoms with van der Waals surface area (Å²) in [6.45, 7) is 10.8. The van der Waals surface area contributed by atoms with Gasteiger partial charge in [-0.25, -0.2) is 4.72 Å². The van der Waals surface area contributed by atoms with Crippen molar-refractivity contribution < 1.29 is 9.11 Å². The summed E-state index contributed by atoms with van der Waals surface area (Å²) in [5, 5.41) is 0. The van der Waals surface area contributed by atoms with Crippen molar-refractivity contribution in [1.82, 2.24) is 4.72 Å². The second kappa shape index (κ2) is 5.04. The molecule has 3 N–H and O–H groups in total. The lowest BCUT2D eigenvalue weighted by atomic mass is 9.75. The van der Waals surface area contributed by atoms with Crippen LogP contribution in [0.4, 0.5) is 0 Å². The van der Waals surface area contributed by atoms with Gasteiger partial charge in [0.2, 0.25) is 0 Å². The van der Waals surface area contributed by atoms with Gasteiger partial charge in [0, 0.05) is 7.05 Å². The zero-order chi connectivity index (χ0) is 12.3. The van der Waals surface area contributed by atoms with Crippen LogP contribution >= 0.6 is 10.8 Å². The molecular formula is C11H27NO2S. The Balaban J connectivity index is 4.43. The molecule has 0 aromatic heterocycles. The highest BCUT2D eigenvalue weighted by molar-refractivity contribution is 8.22. The summed E-state index contributed by atoms with van der Waals surface area (Å²) < 4.78 is 21.9. The Kier molecular flexibility index (Phi) is 5.12. The van der Waals surface area contributed by atoms with Gasteiger partial charge in [-0.2, -0.15) is 0 Å². The van der Waals surface area contributed by atoms with E-state index in [9.17, 15) is 9.11 Å². The second-order valence-electron chi connectivity index (χ2n) is 5.87. The van der Waals surface area contributed by atoms with E-state index in [2.05, 4.69) is 39.3 Å². The van der Waals surface area contributed by atoms with E-state index in [-0.39, 0.29) is 10.8 Å². The molecule has 0 fully saturated rings. The highest BCUT2D eigenvalue weighted by Gasteiger charge is 2.31. The van der Waals surface area contributed by atoms with Crippen molar-refractivity contribution in [3.8, 4) is 0 Å². The van der Waals surface area contributed by atoms with E-state index in [0.29, 0.717) is 5.75 Å². The van der Waals surface area contributed by atoms with Gasteiger partial charge in [0.25, 0.3) is 0 Å². The van der Waals surface area contributed by atoms with Crippen LogP contribution in [0.15, 0.2) is 0 Å². The minimum atomic E-state index is -2.61. The molecule has 0 radical (unpaired) electrons. The zero-order valence-corrected chi connectivity index (χ0v) is 11.7. The molecular weight excluding hydrogens is 210 g/mol. The van der Waals surface area contributed by atoms with Crippen molar-refractivity contribution in [2.24, 2.45) is 10.8 Å². The topological polar surface area (TPSA) is 52.5 Å². The molecule has 0 rings (SSSR count).